The average molecular weight is 348 g/mol. The minimum atomic E-state index is -0.0442. The van der Waals surface area contributed by atoms with E-state index in [0.29, 0.717) is 23.8 Å². The molecule has 2 aromatic heterocycles. The van der Waals surface area contributed by atoms with Crippen LogP contribution >= 0.6 is 0 Å². The molecule has 1 amide bonds. The largest absolute Gasteiger partial charge is 0.373 e. The topological polar surface area (TPSA) is 67.2 Å². The van der Waals surface area contributed by atoms with Gasteiger partial charge in [0.15, 0.2) is 5.82 Å². The smallest absolute Gasteiger partial charge is 0.259 e. The monoisotopic (exact) mass is 348 g/mol. The summed E-state index contributed by atoms with van der Waals surface area (Å²) >= 11 is 0. The van der Waals surface area contributed by atoms with E-state index in [9.17, 15) is 4.79 Å². The van der Waals surface area contributed by atoms with Crippen molar-refractivity contribution in [1.82, 2.24) is 19.7 Å². The fraction of sp³-hybridized carbons (Fsp3) is 0.263. The van der Waals surface area contributed by atoms with Gasteiger partial charge in [0.05, 0.1) is 16.9 Å². The van der Waals surface area contributed by atoms with Gasteiger partial charge in [0.1, 0.15) is 12.7 Å². The summed E-state index contributed by atoms with van der Waals surface area (Å²) in [5.74, 6) is 0.944. The van der Waals surface area contributed by atoms with E-state index in [1.807, 2.05) is 23.1 Å². The summed E-state index contributed by atoms with van der Waals surface area (Å²) in [4.78, 5) is 25.5. The van der Waals surface area contributed by atoms with E-state index in [1.54, 1.807) is 29.3 Å². The van der Waals surface area contributed by atoms with Gasteiger partial charge < -0.3 is 9.80 Å². The van der Waals surface area contributed by atoms with Crippen LogP contribution in [-0.4, -0.2) is 45.8 Å². The lowest BCUT2D eigenvalue weighted by atomic mass is 10.1. The molecule has 0 radical (unpaired) electrons. The van der Waals surface area contributed by atoms with Crippen molar-refractivity contribution in [3.05, 3.63) is 60.8 Å². The van der Waals surface area contributed by atoms with E-state index in [-0.39, 0.29) is 5.91 Å². The number of nitrogens with zero attached hydrogens (tertiary/aromatic N) is 6. The van der Waals surface area contributed by atoms with Crippen LogP contribution in [0.15, 0.2) is 55.2 Å². The number of fused-ring (bicyclic) bond motifs is 1. The van der Waals surface area contributed by atoms with E-state index < -0.39 is 0 Å². The molecule has 3 aromatic rings. The van der Waals surface area contributed by atoms with Crippen molar-refractivity contribution in [3.8, 4) is 5.82 Å². The minimum Gasteiger partial charge on any atom is -0.373 e. The quantitative estimate of drug-likeness (QED) is 0.711. The van der Waals surface area contributed by atoms with Gasteiger partial charge in [0.2, 0.25) is 0 Å². The first-order chi connectivity index (χ1) is 12.6. The van der Waals surface area contributed by atoms with Crippen LogP contribution in [-0.2, 0) is 0 Å². The number of para-hydroxylation sites is 2. The molecule has 3 heterocycles. The van der Waals surface area contributed by atoms with Crippen LogP contribution in [0.1, 0.15) is 17.3 Å². The standard InChI is InChI=1S/C19H20N6O/c1-14-10-23(2)16-5-3-4-6-17(16)24(11-14)19(26)15-7-8-18(21-9-15)25-13-20-12-22-25/h3-9,12-14H,10-11H2,1-2H3/t14-/m1/s1. The SMILES string of the molecule is C[C@@H]1CN(C)c2ccccc2N(C(=O)c2ccc(-n3cncn3)nc2)C1. The molecular weight excluding hydrogens is 328 g/mol. The van der Waals surface area contributed by atoms with Gasteiger partial charge in [-0.15, -0.1) is 0 Å². The molecule has 132 valence electrons. The van der Waals surface area contributed by atoms with Crippen LogP contribution in [0.4, 0.5) is 11.4 Å². The van der Waals surface area contributed by atoms with Crippen LogP contribution in [0, 0.1) is 5.92 Å². The number of carbonyl (C=O) groups is 1. The Hall–Kier alpha value is -3.22. The molecule has 0 bridgehead atoms. The third kappa shape index (κ3) is 2.92. The highest BCUT2D eigenvalue weighted by Crippen LogP contribution is 2.33. The molecule has 4 rings (SSSR count). The van der Waals surface area contributed by atoms with Crippen LogP contribution < -0.4 is 9.80 Å². The molecule has 1 aliphatic rings. The molecule has 26 heavy (non-hydrogen) atoms. The van der Waals surface area contributed by atoms with E-state index in [0.717, 1.165) is 17.9 Å². The highest BCUT2D eigenvalue weighted by Gasteiger charge is 2.27. The lowest BCUT2D eigenvalue weighted by molar-refractivity contribution is 0.0984. The molecule has 1 atom stereocenters. The molecule has 1 aromatic carbocycles. The Balaban J connectivity index is 1.67. The summed E-state index contributed by atoms with van der Waals surface area (Å²) in [6, 6.07) is 11.6. The molecular formula is C19H20N6O. The second kappa shape index (κ2) is 6.59. The third-order valence-corrected chi connectivity index (χ3v) is 4.56. The van der Waals surface area contributed by atoms with Crippen molar-refractivity contribution in [2.45, 2.75) is 6.92 Å². The number of rotatable bonds is 2. The number of anilines is 2. The Bertz CT molecular complexity index is 906. The summed E-state index contributed by atoms with van der Waals surface area (Å²) in [6.07, 6.45) is 4.63. The van der Waals surface area contributed by atoms with Gasteiger partial charge in [0, 0.05) is 26.3 Å². The first-order valence-corrected chi connectivity index (χ1v) is 8.56. The van der Waals surface area contributed by atoms with Crippen LogP contribution in [0.25, 0.3) is 5.82 Å². The molecule has 0 spiro atoms. The second-order valence-corrected chi connectivity index (χ2v) is 6.64. The van der Waals surface area contributed by atoms with Crippen molar-refractivity contribution in [2.24, 2.45) is 5.92 Å². The lowest BCUT2D eigenvalue weighted by Crippen LogP contribution is -2.35. The number of hydrogen-bond donors (Lipinski definition) is 0. The maximum absolute atomic E-state index is 13.2. The predicted octanol–water partition coefficient (Wildman–Crippen LogP) is 2.40. The number of pyridine rings is 1. The number of carbonyl (C=O) groups excluding carboxylic acids is 1. The molecule has 1 aliphatic heterocycles. The van der Waals surface area contributed by atoms with Gasteiger partial charge in [0.25, 0.3) is 5.91 Å². The number of amides is 1. The Kier molecular flexibility index (Phi) is 4.12. The molecule has 7 heteroatoms. The van der Waals surface area contributed by atoms with Gasteiger partial charge in [-0.2, -0.15) is 5.10 Å². The maximum atomic E-state index is 13.2. The van der Waals surface area contributed by atoms with Gasteiger partial charge in [-0.1, -0.05) is 19.1 Å². The van der Waals surface area contributed by atoms with E-state index in [1.165, 1.54) is 6.33 Å². The van der Waals surface area contributed by atoms with Crippen LogP contribution in [0.5, 0.6) is 0 Å². The van der Waals surface area contributed by atoms with E-state index >= 15 is 0 Å². The zero-order valence-electron chi connectivity index (χ0n) is 14.8. The summed E-state index contributed by atoms with van der Waals surface area (Å²) < 4.78 is 1.56. The highest BCUT2D eigenvalue weighted by molar-refractivity contribution is 6.07. The molecule has 0 N–H and O–H groups in total. The summed E-state index contributed by atoms with van der Waals surface area (Å²) in [7, 11) is 2.07. The van der Waals surface area contributed by atoms with Crippen molar-refractivity contribution in [1.29, 1.82) is 0 Å². The number of aromatic nitrogens is 4. The van der Waals surface area contributed by atoms with E-state index in [4.69, 9.17) is 0 Å². The Morgan fingerprint density at radius 3 is 2.62 bits per heavy atom. The highest BCUT2D eigenvalue weighted by atomic mass is 16.2. The normalized spacial score (nSPS) is 16.9. The predicted molar refractivity (Wildman–Crippen MR) is 99.7 cm³/mol. The minimum absolute atomic E-state index is 0.0442. The van der Waals surface area contributed by atoms with E-state index in [2.05, 4.69) is 40.0 Å². The zero-order valence-corrected chi connectivity index (χ0v) is 14.8. The van der Waals surface area contributed by atoms with Gasteiger partial charge in [-0.25, -0.2) is 14.6 Å². The fourth-order valence-electron chi connectivity index (χ4n) is 3.37. The first-order valence-electron chi connectivity index (χ1n) is 8.56. The summed E-state index contributed by atoms with van der Waals surface area (Å²) in [6.45, 7) is 3.74. The van der Waals surface area contributed by atoms with Gasteiger partial charge in [-0.05, 0) is 30.2 Å². The molecule has 0 aliphatic carbocycles. The molecule has 0 fully saturated rings. The molecule has 0 saturated carbocycles. The Labute approximate surface area is 151 Å². The first kappa shape index (κ1) is 16.3. The third-order valence-electron chi connectivity index (χ3n) is 4.56. The van der Waals surface area contributed by atoms with Gasteiger partial charge >= 0.3 is 0 Å². The summed E-state index contributed by atoms with van der Waals surface area (Å²) in [5.41, 5.74) is 2.56. The van der Waals surface area contributed by atoms with Crippen molar-refractivity contribution in [3.63, 3.8) is 0 Å². The van der Waals surface area contributed by atoms with Gasteiger partial charge in [-0.3, -0.25) is 4.79 Å². The van der Waals surface area contributed by atoms with Crippen molar-refractivity contribution < 1.29 is 4.79 Å². The zero-order chi connectivity index (χ0) is 18.1. The van der Waals surface area contributed by atoms with Crippen LogP contribution in [0.3, 0.4) is 0 Å². The Morgan fingerprint density at radius 1 is 1.12 bits per heavy atom. The average Bonchev–Trinajstić information content (AvgIpc) is 3.16. The molecule has 0 saturated heterocycles. The molecule has 7 nitrogen and oxygen atoms in total. The number of benzene rings is 1. The fourth-order valence-corrected chi connectivity index (χ4v) is 3.37. The second-order valence-electron chi connectivity index (χ2n) is 6.64. The van der Waals surface area contributed by atoms with Crippen molar-refractivity contribution >= 4 is 17.3 Å². The Morgan fingerprint density at radius 2 is 1.92 bits per heavy atom. The van der Waals surface area contributed by atoms with Crippen molar-refractivity contribution in [2.75, 3.05) is 29.9 Å². The number of hydrogen-bond acceptors (Lipinski definition) is 5. The van der Waals surface area contributed by atoms with Crippen LogP contribution in [0.2, 0.25) is 0 Å². The summed E-state index contributed by atoms with van der Waals surface area (Å²) in [5, 5.41) is 4.05. The lowest BCUT2D eigenvalue weighted by Gasteiger charge is -2.24. The molecule has 0 unspecified atom stereocenters. The maximum Gasteiger partial charge on any atom is 0.259 e.